The quantitative estimate of drug-likeness (QED) is 0.665. The highest BCUT2D eigenvalue weighted by Gasteiger charge is 2.21. The molecule has 2 rings (SSSR count). The smallest absolute Gasteiger partial charge is 0.311 e. The van der Waals surface area contributed by atoms with Gasteiger partial charge in [-0.1, -0.05) is 18.2 Å². The summed E-state index contributed by atoms with van der Waals surface area (Å²) in [5.41, 5.74) is -0.311. The van der Waals surface area contributed by atoms with E-state index >= 15 is 0 Å². The third-order valence-corrected chi connectivity index (χ3v) is 2.81. The molecule has 0 aliphatic heterocycles. The molecule has 0 aromatic heterocycles. The summed E-state index contributed by atoms with van der Waals surface area (Å²) in [5, 5.41) is 23.1. The highest BCUT2D eigenvalue weighted by atomic mass is 16.6. The molecule has 2 aromatic rings. The number of benzene rings is 2. The van der Waals surface area contributed by atoms with E-state index < -0.39 is 22.3 Å². The van der Waals surface area contributed by atoms with Gasteiger partial charge in [-0.15, -0.1) is 0 Å². The third-order valence-electron chi connectivity index (χ3n) is 2.81. The number of ether oxygens (including phenoxy) is 1. The molecule has 0 unspecified atom stereocenters. The van der Waals surface area contributed by atoms with Crippen LogP contribution < -0.4 is 10.1 Å². The molecule has 2 aromatic carbocycles. The van der Waals surface area contributed by atoms with E-state index in [9.17, 15) is 20.0 Å². The number of phenols is 1. The molecule has 2 N–H and O–H groups in total. The molecular weight excluding hydrogens is 276 g/mol. The number of phenolic OH excluding ortho intramolecular Hbond substituents is 1. The first-order chi connectivity index (χ1) is 10.0. The van der Waals surface area contributed by atoms with Crippen LogP contribution in [0.25, 0.3) is 0 Å². The molecule has 108 valence electrons. The summed E-state index contributed by atoms with van der Waals surface area (Å²) in [5.74, 6) is -0.897. The molecule has 21 heavy (non-hydrogen) atoms. The van der Waals surface area contributed by atoms with Gasteiger partial charge in [0.25, 0.3) is 5.91 Å². The molecule has 0 bridgehead atoms. The van der Waals surface area contributed by atoms with E-state index in [1.165, 1.54) is 19.2 Å². The largest absolute Gasteiger partial charge is 0.502 e. The molecule has 0 saturated carbocycles. The van der Waals surface area contributed by atoms with Crippen molar-refractivity contribution in [3.05, 3.63) is 58.1 Å². The molecule has 7 nitrogen and oxygen atoms in total. The number of anilines is 1. The van der Waals surface area contributed by atoms with Crippen molar-refractivity contribution in [3.63, 3.8) is 0 Å². The fourth-order valence-corrected chi connectivity index (χ4v) is 1.80. The summed E-state index contributed by atoms with van der Waals surface area (Å²) in [7, 11) is 1.45. The zero-order valence-corrected chi connectivity index (χ0v) is 11.1. The van der Waals surface area contributed by atoms with Crippen LogP contribution in [-0.4, -0.2) is 23.0 Å². The normalized spacial score (nSPS) is 9.95. The van der Waals surface area contributed by atoms with E-state index in [2.05, 4.69) is 5.32 Å². The Bertz CT molecular complexity index is 700. The van der Waals surface area contributed by atoms with Gasteiger partial charge in [-0.25, -0.2) is 0 Å². The molecular formula is C14H12N2O5. The number of amides is 1. The summed E-state index contributed by atoms with van der Waals surface area (Å²) in [4.78, 5) is 22.1. The number of methoxy groups -OCH3 is 1. The summed E-state index contributed by atoms with van der Waals surface area (Å²) in [6.45, 7) is 0. The number of aromatic hydroxyl groups is 1. The zero-order valence-electron chi connectivity index (χ0n) is 11.1. The SMILES string of the molecule is COc1ccccc1NC(=O)c1cccc([N+](=O)[O-])c1O. The molecule has 1 amide bonds. The maximum Gasteiger partial charge on any atom is 0.311 e. The lowest BCUT2D eigenvalue weighted by atomic mass is 10.1. The summed E-state index contributed by atoms with van der Waals surface area (Å²) < 4.78 is 5.09. The number of carbonyl (C=O) groups excluding carboxylic acids is 1. The van der Waals surface area contributed by atoms with E-state index in [0.717, 1.165) is 6.07 Å². The van der Waals surface area contributed by atoms with Gasteiger partial charge >= 0.3 is 5.69 Å². The van der Waals surface area contributed by atoms with Crippen molar-refractivity contribution < 1.29 is 19.6 Å². The van der Waals surface area contributed by atoms with Gasteiger partial charge in [0.2, 0.25) is 5.75 Å². The summed E-state index contributed by atoms with van der Waals surface area (Å²) >= 11 is 0. The number of para-hydroxylation sites is 3. The summed E-state index contributed by atoms with van der Waals surface area (Å²) in [6, 6.07) is 10.5. The van der Waals surface area contributed by atoms with Crippen LogP contribution in [0.5, 0.6) is 11.5 Å². The Morgan fingerprint density at radius 2 is 1.95 bits per heavy atom. The standard InChI is InChI=1S/C14H12N2O5/c1-21-12-8-3-2-6-10(12)15-14(18)9-5-4-7-11(13(9)17)16(19)20/h2-8,17H,1H3,(H,15,18). The molecule has 0 radical (unpaired) electrons. The van der Waals surface area contributed by atoms with E-state index in [-0.39, 0.29) is 5.56 Å². The maximum atomic E-state index is 12.1. The second kappa shape index (κ2) is 5.91. The Hall–Kier alpha value is -3.09. The van der Waals surface area contributed by atoms with Gasteiger partial charge in [0, 0.05) is 6.07 Å². The lowest BCUT2D eigenvalue weighted by Gasteiger charge is -2.10. The number of nitrogens with one attached hydrogen (secondary N) is 1. The second-order valence-corrected chi connectivity index (χ2v) is 4.08. The number of nitro groups is 1. The third kappa shape index (κ3) is 2.92. The van der Waals surface area contributed by atoms with Crippen LogP contribution in [0.4, 0.5) is 11.4 Å². The Balaban J connectivity index is 2.33. The lowest BCUT2D eigenvalue weighted by Crippen LogP contribution is -2.13. The van der Waals surface area contributed by atoms with Crippen molar-refractivity contribution in [1.29, 1.82) is 0 Å². The Labute approximate surface area is 119 Å². The highest BCUT2D eigenvalue weighted by Crippen LogP contribution is 2.31. The van der Waals surface area contributed by atoms with Crippen molar-refractivity contribution in [2.45, 2.75) is 0 Å². The number of nitro benzene ring substituents is 1. The van der Waals surface area contributed by atoms with Gasteiger partial charge in [-0.2, -0.15) is 0 Å². The maximum absolute atomic E-state index is 12.1. The minimum Gasteiger partial charge on any atom is -0.502 e. The average Bonchev–Trinajstić information content (AvgIpc) is 2.47. The van der Waals surface area contributed by atoms with Crippen LogP contribution in [-0.2, 0) is 0 Å². The van der Waals surface area contributed by atoms with Gasteiger partial charge in [-0.3, -0.25) is 14.9 Å². The van der Waals surface area contributed by atoms with Crippen LogP contribution in [0.2, 0.25) is 0 Å². The number of rotatable bonds is 4. The molecule has 0 heterocycles. The fraction of sp³-hybridized carbons (Fsp3) is 0.0714. The van der Waals surface area contributed by atoms with E-state index in [1.807, 2.05) is 0 Å². The first kappa shape index (κ1) is 14.3. The Morgan fingerprint density at radius 1 is 1.24 bits per heavy atom. The van der Waals surface area contributed by atoms with Crippen molar-refractivity contribution in [2.75, 3.05) is 12.4 Å². The molecule has 0 spiro atoms. The van der Waals surface area contributed by atoms with Gasteiger partial charge in [-0.05, 0) is 18.2 Å². The molecule has 0 aliphatic rings. The van der Waals surface area contributed by atoms with Gasteiger partial charge < -0.3 is 15.2 Å². The lowest BCUT2D eigenvalue weighted by molar-refractivity contribution is -0.385. The average molecular weight is 288 g/mol. The van der Waals surface area contributed by atoms with Crippen LogP contribution in [0.3, 0.4) is 0 Å². The van der Waals surface area contributed by atoms with Crippen molar-refractivity contribution in [2.24, 2.45) is 0 Å². The fourth-order valence-electron chi connectivity index (χ4n) is 1.80. The van der Waals surface area contributed by atoms with Crippen molar-refractivity contribution in [1.82, 2.24) is 0 Å². The minimum atomic E-state index is -0.755. The topological polar surface area (TPSA) is 102 Å². The first-order valence-electron chi connectivity index (χ1n) is 5.95. The van der Waals surface area contributed by atoms with Crippen molar-refractivity contribution >= 4 is 17.3 Å². The molecule has 0 saturated heterocycles. The Morgan fingerprint density at radius 3 is 2.62 bits per heavy atom. The predicted molar refractivity (Wildman–Crippen MR) is 75.7 cm³/mol. The molecule has 0 atom stereocenters. The predicted octanol–water partition coefficient (Wildman–Crippen LogP) is 2.56. The van der Waals surface area contributed by atoms with Gasteiger partial charge in [0.1, 0.15) is 5.75 Å². The summed E-state index contributed by atoms with van der Waals surface area (Å²) in [6.07, 6.45) is 0. The number of nitrogens with zero attached hydrogens (tertiary/aromatic N) is 1. The minimum absolute atomic E-state index is 0.185. The first-order valence-corrected chi connectivity index (χ1v) is 5.95. The van der Waals surface area contributed by atoms with Gasteiger partial charge in [0.15, 0.2) is 0 Å². The van der Waals surface area contributed by atoms with Crippen LogP contribution >= 0.6 is 0 Å². The van der Waals surface area contributed by atoms with E-state index in [4.69, 9.17) is 4.74 Å². The van der Waals surface area contributed by atoms with Crippen LogP contribution in [0, 0.1) is 10.1 Å². The monoisotopic (exact) mass is 288 g/mol. The number of hydrogen-bond acceptors (Lipinski definition) is 5. The van der Waals surface area contributed by atoms with E-state index in [0.29, 0.717) is 11.4 Å². The number of hydrogen-bond donors (Lipinski definition) is 2. The van der Waals surface area contributed by atoms with Crippen molar-refractivity contribution in [3.8, 4) is 11.5 Å². The second-order valence-electron chi connectivity index (χ2n) is 4.08. The highest BCUT2D eigenvalue weighted by molar-refractivity contribution is 6.07. The van der Waals surface area contributed by atoms with Gasteiger partial charge in [0.05, 0.1) is 23.3 Å². The molecule has 0 aliphatic carbocycles. The van der Waals surface area contributed by atoms with Crippen LogP contribution in [0.1, 0.15) is 10.4 Å². The number of carbonyl (C=O) groups is 1. The van der Waals surface area contributed by atoms with E-state index in [1.54, 1.807) is 24.3 Å². The molecule has 7 heteroatoms. The zero-order chi connectivity index (χ0) is 15.4. The Kier molecular flexibility index (Phi) is 4.03. The molecule has 0 fully saturated rings. The van der Waals surface area contributed by atoms with Crippen LogP contribution in [0.15, 0.2) is 42.5 Å².